The van der Waals surface area contributed by atoms with Gasteiger partial charge in [-0.05, 0) is 26.7 Å². The smallest absolute Gasteiger partial charge is 0.305 e. The third kappa shape index (κ3) is 6.39. The maximum Gasteiger partial charge on any atom is 0.305 e. The van der Waals surface area contributed by atoms with Gasteiger partial charge in [-0.2, -0.15) is 0 Å². The second kappa shape index (κ2) is 7.87. The Morgan fingerprint density at radius 3 is 2.61 bits per heavy atom. The fourth-order valence-electron chi connectivity index (χ4n) is 1.39. The SMILES string of the molecule is C=CCCO[C@H](C)C(=O)N[C@](C)(CC)CC(=O)O. The molecule has 0 unspecified atom stereocenters. The first-order valence-corrected chi connectivity index (χ1v) is 6.11. The van der Waals surface area contributed by atoms with Gasteiger partial charge in [0.05, 0.1) is 13.0 Å². The number of amides is 1. The number of nitrogens with one attached hydrogen (secondary N) is 1. The van der Waals surface area contributed by atoms with E-state index in [1.807, 2.05) is 6.92 Å². The molecular weight excluding hydrogens is 234 g/mol. The number of ether oxygens (including phenoxy) is 1. The average molecular weight is 257 g/mol. The quantitative estimate of drug-likeness (QED) is 0.487. The number of carbonyl (C=O) groups is 2. The lowest BCUT2D eigenvalue weighted by atomic mass is 9.94. The Balaban J connectivity index is 4.32. The topological polar surface area (TPSA) is 75.6 Å². The minimum absolute atomic E-state index is 0.103. The van der Waals surface area contributed by atoms with Gasteiger partial charge in [0.2, 0.25) is 5.91 Å². The Hall–Kier alpha value is -1.36. The maximum absolute atomic E-state index is 11.8. The molecule has 0 bridgehead atoms. The fourth-order valence-corrected chi connectivity index (χ4v) is 1.39. The van der Waals surface area contributed by atoms with Crippen LogP contribution in [0.4, 0.5) is 0 Å². The van der Waals surface area contributed by atoms with Gasteiger partial charge in [-0.3, -0.25) is 9.59 Å². The third-order valence-electron chi connectivity index (χ3n) is 2.81. The van der Waals surface area contributed by atoms with Crippen LogP contribution in [0.1, 0.15) is 40.0 Å². The van der Waals surface area contributed by atoms with Gasteiger partial charge in [0.15, 0.2) is 0 Å². The van der Waals surface area contributed by atoms with Gasteiger partial charge >= 0.3 is 5.97 Å². The molecule has 0 aromatic carbocycles. The largest absolute Gasteiger partial charge is 0.481 e. The molecule has 0 radical (unpaired) electrons. The number of carboxylic acids is 1. The first kappa shape index (κ1) is 16.6. The van der Waals surface area contributed by atoms with E-state index in [0.29, 0.717) is 19.4 Å². The lowest BCUT2D eigenvalue weighted by molar-refractivity contribution is -0.140. The molecule has 104 valence electrons. The summed E-state index contributed by atoms with van der Waals surface area (Å²) >= 11 is 0. The summed E-state index contributed by atoms with van der Waals surface area (Å²) in [5.74, 6) is -1.22. The number of aliphatic carboxylic acids is 1. The Morgan fingerprint density at radius 1 is 1.56 bits per heavy atom. The Labute approximate surface area is 108 Å². The second-order valence-corrected chi connectivity index (χ2v) is 4.56. The Bertz CT molecular complexity index is 303. The zero-order valence-corrected chi connectivity index (χ0v) is 11.4. The Kier molecular flexibility index (Phi) is 7.27. The van der Waals surface area contributed by atoms with Crippen molar-refractivity contribution in [2.24, 2.45) is 0 Å². The van der Waals surface area contributed by atoms with Gasteiger partial charge < -0.3 is 15.2 Å². The van der Waals surface area contributed by atoms with Crippen molar-refractivity contribution in [1.29, 1.82) is 0 Å². The molecule has 0 aromatic heterocycles. The highest BCUT2D eigenvalue weighted by atomic mass is 16.5. The van der Waals surface area contributed by atoms with Crippen LogP contribution in [0, 0.1) is 0 Å². The fraction of sp³-hybridized carbons (Fsp3) is 0.692. The summed E-state index contributed by atoms with van der Waals surface area (Å²) in [6.07, 6.45) is 2.24. The number of rotatable bonds is 9. The predicted octanol–water partition coefficient (Wildman–Crippen LogP) is 1.73. The highest BCUT2D eigenvalue weighted by molar-refractivity contribution is 5.82. The van der Waals surface area contributed by atoms with Crippen molar-refractivity contribution in [2.45, 2.75) is 51.7 Å². The number of hydrogen-bond donors (Lipinski definition) is 2. The number of carbonyl (C=O) groups excluding carboxylic acids is 1. The van der Waals surface area contributed by atoms with E-state index in [1.165, 1.54) is 0 Å². The van der Waals surface area contributed by atoms with Crippen molar-refractivity contribution < 1.29 is 19.4 Å². The molecule has 0 fully saturated rings. The molecule has 18 heavy (non-hydrogen) atoms. The van der Waals surface area contributed by atoms with E-state index in [9.17, 15) is 9.59 Å². The van der Waals surface area contributed by atoms with Gasteiger partial charge in [0.25, 0.3) is 0 Å². The van der Waals surface area contributed by atoms with E-state index in [0.717, 1.165) is 0 Å². The Morgan fingerprint density at radius 2 is 2.17 bits per heavy atom. The highest BCUT2D eigenvalue weighted by Gasteiger charge is 2.29. The van der Waals surface area contributed by atoms with Crippen molar-refractivity contribution in [3.05, 3.63) is 12.7 Å². The zero-order valence-electron chi connectivity index (χ0n) is 11.4. The summed E-state index contributed by atoms with van der Waals surface area (Å²) in [7, 11) is 0. The third-order valence-corrected chi connectivity index (χ3v) is 2.81. The van der Waals surface area contributed by atoms with Crippen LogP contribution < -0.4 is 5.32 Å². The molecule has 2 atom stereocenters. The summed E-state index contributed by atoms with van der Waals surface area (Å²) in [5.41, 5.74) is -0.737. The summed E-state index contributed by atoms with van der Waals surface area (Å²) in [6, 6.07) is 0. The number of carboxylic acid groups (broad SMARTS) is 1. The molecule has 0 saturated carbocycles. The van der Waals surface area contributed by atoms with Gasteiger partial charge in [0.1, 0.15) is 6.10 Å². The van der Waals surface area contributed by atoms with Crippen LogP contribution in [0.5, 0.6) is 0 Å². The van der Waals surface area contributed by atoms with E-state index in [2.05, 4.69) is 11.9 Å². The molecule has 0 rings (SSSR count). The lowest BCUT2D eigenvalue weighted by Gasteiger charge is -2.29. The monoisotopic (exact) mass is 257 g/mol. The van der Waals surface area contributed by atoms with Crippen LogP contribution in [0.2, 0.25) is 0 Å². The number of hydrogen-bond acceptors (Lipinski definition) is 3. The molecule has 0 aliphatic heterocycles. The molecule has 0 spiro atoms. The maximum atomic E-state index is 11.8. The summed E-state index contributed by atoms with van der Waals surface area (Å²) < 4.78 is 5.31. The van der Waals surface area contributed by atoms with Crippen molar-refractivity contribution in [1.82, 2.24) is 5.32 Å². The lowest BCUT2D eigenvalue weighted by Crippen LogP contribution is -2.50. The molecule has 2 N–H and O–H groups in total. The van der Waals surface area contributed by atoms with Crippen molar-refractivity contribution in [2.75, 3.05) is 6.61 Å². The minimum atomic E-state index is -0.931. The molecule has 0 aliphatic rings. The van der Waals surface area contributed by atoms with Gasteiger partial charge in [-0.1, -0.05) is 13.0 Å². The zero-order chi connectivity index (χ0) is 14.2. The van der Waals surface area contributed by atoms with Crippen molar-refractivity contribution in [3.8, 4) is 0 Å². The summed E-state index contributed by atoms with van der Waals surface area (Å²) in [4.78, 5) is 22.6. The summed E-state index contributed by atoms with van der Waals surface area (Å²) in [6.45, 7) is 9.20. The molecule has 0 heterocycles. The van der Waals surface area contributed by atoms with Crippen molar-refractivity contribution in [3.63, 3.8) is 0 Å². The van der Waals surface area contributed by atoms with Gasteiger partial charge in [-0.15, -0.1) is 6.58 Å². The van der Waals surface area contributed by atoms with Crippen LogP contribution in [0.3, 0.4) is 0 Å². The predicted molar refractivity (Wildman–Crippen MR) is 69.3 cm³/mol. The minimum Gasteiger partial charge on any atom is -0.481 e. The molecule has 1 amide bonds. The van der Waals surface area contributed by atoms with E-state index in [-0.39, 0.29) is 12.3 Å². The standard InChI is InChI=1S/C13H23NO4/c1-5-7-8-18-10(3)12(17)14-13(4,6-2)9-11(15)16/h5,10H,1,6-9H2,2-4H3,(H,14,17)(H,15,16)/t10-,13-/m1/s1. The molecular formula is C13H23NO4. The van der Waals surface area contributed by atoms with Crippen molar-refractivity contribution >= 4 is 11.9 Å². The second-order valence-electron chi connectivity index (χ2n) is 4.56. The summed E-state index contributed by atoms with van der Waals surface area (Å²) in [5, 5.41) is 11.5. The van der Waals surface area contributed by atoms with Gasteiger partial charge in [0, 0.05) is 5.54 Å². The average Bonchev–Trinajstić information content (AvgIpc) is 2.28. The van der Waals surface area contributed by atoms with Gasteiger partial charge in [-0.25, -0.2) is 0 Å². The van der Waals surface area contributed by atoms with E-state index < -0.39 is 17.6 Å². The molecule has 0 aromatic rings. The van der Waals surface area contributed by atoms with E-state index in [1.54, 1.807) is 19.9 Å². The van der Waals surface area contributed by atoms with Crippen LogP contribution in [0.25, 0.3) is 0 Å². The first-order chi connectivity index (χ1) is 8.34. The molecule has 5 heteroatoms. The molecule has 5 nitrogen and oxygen atoms in total. The van der Waals surface area contributed by atoms with Crippen LogP contribution in [0.15, 0.2) is 12.7 Å². The van der Waals surface area contributed by atoms with E-state index in [4.69, 9.17) is 9.84 Å². The van der Waals surface area contributed by atoms with E-state index >= 15 is 0 Å². The molecule has 0 aliphatic carbocycles. The molecule has 0 saturated heterocycles. The van der Waals surface area contributed by atoms with Crippen LogP contribution in [-0.4, -0.2) is 35.2 Å². The normalized spacial score (nSPS) is 15.5. The highest BCUT2D eigenvalue weighted by Crippen LogP contribution is 2.14. The first-order valence-electron chi connectivity index (χ1n) is 6.11. The van der Waals surface area contributed by atoms with Crippen LogP contribution >= 0.6 is 0 Å². The van der Waals surface area contributed by atoms with Crippen LogP contribution in [-0.2, 0) is 14.3 Å².